The summed E-state index contributed by atoms with van der Waals surface area (Å²) in [4.78, 5) is 11.9. The summed E-state index contributed by atoms with van der Waals surface area (Å²) in [5.74, 6) is -0.916. The molecule has 0 unspecified atom stereocenters. The summed E-state index contributed by atoms with van der Waals surface area (Å²) in [6, 6.07) is 5.95. The highest BCUT2D eigenvalue weighted by Gasteiger charge is 2.15. The summed E-state index contributed by atoms with van der Waals surface area (Å²) in [6.07, 6.45) is 2.63. The minimum Gasteiger partial charge on any atom is -0.376 e. The number of carbonyl (C=O) groups is 1. The van der Waals surface area contributed by atoms with Crippen LogP contribution in [0.3, 0.4) is 0 Å². The molecule has 2 heterocycles. The second kappa shape index (κ2) is 6.05. The van der Waals surface area contributed by atoms with Crippen LogP contribution in [0.1, 0.15) is 21.6 Å². The van der Waals surface area contributed by atoms with Crippen LogP contribution >= 0.6 is 0 Å². The highest BCUT2D eigenvalue weighted by atomic mass is 19.1. The van der Waals surface area contributed by atoms with Crippen LogP contribution in [0.2, 0.25) is 0 Å². The number of halogens is 1. The Hall–Kier alpha value is -2.21. The van der Waals surface area contributed by atoms with Gasteiger partial charge in [-0.1, -0.05) is 12.1 Å². The fourth-order valence-electron chi connectivity index (χ4n) is 2.42. The van der Waals surface area contributed by atoms with Crippen molar-refractivity contribution in [3.8, 4) is 0 Å². The lowest BCUT2D eigenvalue weighted by atomic mass is 10.2. The Labute approximate surface area is 121 Å². The lowest BCUT2D eigenvalue weighted by Gasteiger charge is -2.14. The number of fused-ring (bicyclic) bond motifs is 1. The van der Waals surface area contributed by atoms with Gasteiger partial charge in [0, 0.05) is 24.2 Å². The molecule has 0 spiro atoms. The van der Waals surface area contributed by atoms with Gasteiger partial charge in [0.1, 0.15) is 5.82 Å². The first kappa shape index (κ1) is 13.8. The van der Waals surface area contributed by atoms with Gasteiger partial charge in [-0.3, -0.25) is 9.48 Å². The summed E-state index contributed by atoms with van der Waals surface area (Å²) in [6.45, 7) is 2.26. The van der Waals surface area contributed by atoms with Gasteiger partial charge in [0.25, 0.3) is 5.91 Å². The summed E-state index contributed by atoms with van der Waals surface area (Å²) >= 11 is 0. The molecular formula is C15H16FN3O2. The van der Waals surface area contributed by atoms with Gasteiger partial charge in [0.15, 0.2) is 0 Å². The monoisotopic (exact) mass is 289 g/mol. The molecular weight excluding hydrogens is 273 g/mol. The van der Waals surface area contributed by atoms with Crippen molar-refractivity contribution in [2.45, 2.75) is 19.6 Å². The van der Waals surface area contributed by atoms with Crippen molar-refractivity contribution in [1.29, 1.82) is 0 Å². The van der Waals surface area contributed by atoms with Gasteiger partial charge in [-0.05, 0) is 12.1 Å². The molecule has 1 aliphatic heterocycles. The molecule has 1 N–H and O–H groups in total. The topological polar surface area (TPSA) is 56.2 Å². The van der Waals surface area contributed by atoms with E-state index in [4.69, 9.17) is 4.74 Å². The molecule has 0 saturated carbocycles. The molecule has 0 saturated heterocycles. The van der Waals surface area contributed by atoms with E-state index in [2.05, 4.69) is 10.4 Å². The molecule has 3 rings (SSSR count). The molecule has 2 aromatic rings. The van der Waals surface area contributed by atoms with Crippen LogP contribution in [-0.2, 0) is 24.3 Å². The van der Waals surface area contributed by atoms with E-state index in [-0.39, 0.29) is 5.56 Å². The maximum Gasteiger partial charge on any atom is 0.254 e. The van der Waals surface area contributed by atoms with E-state index in [1.165, 1.54) is 12.1 Å². The first-order valence-electron chi connectivity index (χ1n) is 6.90. The fourth-order valence-corrected chi connectivity index (χ4v) is 2.42. The van der Waals surface area contributed by atoms with Crippen molar-refractivity contribution in [3.05, 3.63) is 53.1 Å². The molecule has 110 valence electrons. The van der Waals surface area contributed by atoms with Gasteiger partial charge < -0.3 is 10.1 Å². The van der Waals surface area contributed by atoms with E-state index >= 15 is 0 Å². The molecule has 1 aromatic carbocycles. The average Bonchev–Trinajstić information content (AvgIpc) is 2.91. The summed E-state index contributed by atoms with van der Waals surface area (Å²) in [5, 5.41) is 7.01. The lowest BCUT2D eigenvalue weighted by molar-refractivity contribution is 0.0946. The Morgan fingerprint density at radius 1 is 1.43 bits per heavy atom. The number of ether oxygens (including phenoxy) is 1. The molecule has 5 nitrogen and oxygen atoms in total. The molecule has 0 radical (unpaired) electrons. The molecule has 0 aliphatic carbocycles. The third-order valence-electron chi connectivity index (χ3n) is 3.50. The fraction of sp³-hybridized carbons (Fsp3) is 0.333. The van der Waals surface area contributed by atoms with Crippen molar-refractivity contribution in [2.24, 2.45) is 0 Å². The van der Waals surface area contributed by atoms with Crippen molar-refractivity contribution >= 4 is 5.91 Å². The quantitative estimate of drug-likeness (QED) is 0.928. The zero-order chi connectivity index (χ0) is 14.7. The van der Waals surface area contributed by atoms with Crippen molar-refractivity contribution in [3.63, 3.8) is 0 Å². The number of hydrogen-bond acceptors (Lipinski definition) is 3. The second-order valence-corrected chi connectivity index (χ2v) is 4.88. The Kier molecular flexibility index (Phi) is 3.96. The van der Waals surface area contributed by atoms with Crippen LogP contribution < -0.4 is 5.32 Å². The number of hydrogen-bond donors (Lipinski definition) is 1. The molecule has 0 fully saturated rings. The van der Waals surface area contributed by atoms with E-state index in [0.29, 0.717) is 26.3 Å². The SMILES string of the molecule is O=C(NCCn1ncc2c1CCOC2)c1ccccc1F. The van der Waals surface area contributed by atoms with E-state index in [1.807, 2.05) is 4.68 Å². The zero-order valence-electron chi connectivity index (χ0n) is 11.5. The Balaban J connectivity index is 1.58. The van der Waals surface area contributed by atoms with E-state index in [9.17, 15) is 9.18 Å². The standard InChI is InChI=1S/C15H16FN3O2/c16-13-4-2-1-3-12(13)15(20)17-6-7-19-14-5-8-21-10-11(14)9-18-19/h1-4,9H,5-8,10H2,(H,17,20). The van der Waals surface area contributed by atoms with Crippen LogP contribution in [-0.4, -0.2) is 28.8 Å². The summed E-state index contributed by atoms with van der Waals surface area (Å²) < 4.78 is 20.7. The van der Waals surface area contributed by atoms with Crippen LogP contribution in [0.25, 0.3) is 0 Å². The molecule has 0 atom stereocenters. The van der Waals surface area contributed by atoms with Crippen molar-refractivity contribution in [1.82, 2.24) is 15.1 Å². The summed E-state index contributed by atoms with van der Waals surface area (Å²) in [7, 11) is 0. The Morgan fingerprint density at radius 3 is 3.14 bits per heavy atom. The predicted molar refractivity (Wildman–Crippen MR) is 74.3 cm³/mol. The van der Waals surface area contributed by atoms with Crippen LogP contribution in [0, 0.1) is 5.82 Å². The highest BCUT2D eigenvalue weighted by Crippen LogP contribution is 2.15. The zero-order valence-corrected chi connectivity index (χ0v) is 11.5. The maximum absolute atomic E-state index is 13.5. The Morgan fingerprint density at radius 2 is 2.29 bits per heavy atom. The van der Waals surface area contributed by atoms with Crippen molar-refractivity contribution < 1.29 is 13.9 Å². The van der Waals surface area contributed by atoms with Crippen LogP contribution in [0.4, 0.5) is 4.39 Å². The van der Waals surface area contributed by atoms with Gasteiger partial charge in [-0.2, -0.15) is 5.10 Å². The van der Waals surface area contributed by atoms with Crippen molar-refractivity contribution in [2.75, 3.05) is 13.2 Å². The molecule has 1 aliphatic rings. The molecule has 21 heavy (non-hydrogen) atoms. The predicted octanol–water partition coefficient (Wildman–Crippen LogP) is 1.52. The van der Waals surface area contributed by atoms with E-state index < -0.39 is 11.7 Å². The third kappa shape index (κ3) is 2.95. The minimum absolute atomic E-state index is 0.0633. The molecule has 0 bridgehead atoms. The second-order valence-electron chi connectivity index (χ2n) is 4.88. The number of rotatable bonds is 4. The smallest absolute Gasteiger partial charge is 0.254 e. The van der Waals surface area contributed by atoms with E-state index in [1.54, 1.807) is 18.3 Å². The first-order chi connectivity index (χ1) is 10.3. The number of carbonyl (C=O) groups excluding carboxylic acids is 1. The lowest BCUT2D eigenvalue weighted by Crippen LogP contribution is -2.29. The van der Waals surface area contributed by atoms with Crippen LogP contribution in [0.15, 0.2) is 30.5 Å². The highest BCUT2D eigenvalue weighted by molar-refractivity contribution is 5.94. The number of benzene rings is 1. The first-order valence-corrected chi connectivity index (χ1v) is 6.90. The summed E-state index contributed by atoms with van der Waals surface area (Å²) in [5.41, 5.74) is 2.32. The number of aromatic nitrogens is 2. The third-order valence-corrected chi connectivity index (χ3v) is 3.50. The maximum atomic E-state index is 13.5. The van der Waals surface area contributed by atoms with Gasteiger partial charge in [0.05, 0.1) is 31.5 Å². The Bertz CT molecular complexity index is 654. The molecule has 1 amide bonds. The van der Waals surface area contributed by atoms with Gasteiger partial charge >= 0.3 is 0 Å². The average molecular weight is 289 g/mol. The van der Waals surface area contributed by atoms with Gasteiger partial charge in [-0.25, -0.2) is 4.39 Å². The van der Waals surface area contributed by atoms with Gasteiger partial charge in [-0.15, -0.1) is 0 Å². The van der Waals surface area contributed by atoms with Crippen LogP contribution in [0.5, 0.6) is 0 Å². The normalized spacial score (nSPS) is 13.8. The van der Waals surface area contributed by atoms with Gasteiger partial charge in [0.2, 0.25) is 0 Å². The number of nitrogens with one attached hydrogen (secondary N) is 1. The molecule has 6 heteroatoms. The van der Waals surface area contributed by atoms with E-state index in [0.717, 1.165) is 17.7 Å². The number of amides is 1. The molecule has 1 aromatic heterocycles. The largest absolute Gasteiger partial charge is 0.376 e. The minimum atomic E-state index is -0.511. The number of nitrogens with zero attached hydrogens (tertiary/aromatic N) is 2.